The molecule has 1 amide bonds. The van der Waals surface area contributed by atoms with E-state index in [1.165, 1.54) is 4.31 Å². The van der Waals surface area contributed by atoms with Gasteiger partial charge < -0.3 is 14.8 Å². The lowest BCUT2D eigenvalue weighted by Gasteiger charge is -2.34. The Morgan fingerprint density at radius 1 is 1.25 bits per heavy atom. The summed E-state index contributed by atoms with van der Waals surface area (Å²) in [5.41, 5.74) is 2.42. The second-order valence-corrected chi connectivity index (χ2v) is 8.61. The quantitative estimate of drug-likeness (QED) is 0.712. The Hall–Kier alpha value is -2.58. The molecule has 0 aliphatic carbocycles. The summed E-state index contributed by atoms with van der Waals surface area (Å²) in [6.45, 7) is 2.93. The van der Waals surface area contributed by atoms with Crippen LogP contribution in [0, 0.1) is 6.92 Å². The number of rotatable bonds is 7. The molecular formula is C20H24N2O5S. The molecule has 0 radical (unpaired) electrons. The SMILES string of the molecule is Cc1ccc2c(c1)N(S(C)(=O)=O)C[C@@H](C(=O)NCCOCc1ccccc1)O2. The first-order chi connectivity index (χ1) is 13.3. The number of nitrogens with one attached hydrogen (secondary N) is 1. The molecule has 8 heteroatoms. The van der Waals surface area contributed by atoms with Gasteiger partial charge in [0.2, 0.25) is 10.0 Å². The molecule has 0 fully saturated rings. The molecule has 150 valence electrons. The summed E-state index contributed by atoms with van der Waals surface area (Å²) in [6.07, 6.45) is 0.204. The van der Waals surface area contributed by atoms with Crippen LogP contribution in [0.2, 0.25) is 0 Å². The second-order valence-electron chi connectivity index (χ2n) is 6.70. The van der Waals surface area contributed by atoms with Crippen LogP contribution in [0.1, 0.15) is 11.1 Å². The highest BCUT2D eigenvalue weighted by Gasteiger charge is 2.34. The number of aryl methyl sites for hydroxylation is 1. The van der Waals surface area contributed by atoms with E-state index in [4.69, 9.17) is 9.47 Å². The van der Waals surface area contributed by atoms with E-state index in [2.05, 4.69) is 5.32 Å². The van der Waals surface area contributed by atoms with Gasteiger partial charge in [-0.15, -0.1) is 0 Å². The Bertz CT molecular complexity index is 931. The largest absolute Gasteiger partial charge is 0.476 e. The fourth-order valence-corrected chi connectivity index (χ4v) is 3.84. The van der Waals surface area contributed by atoms with Crippen LogP contribution in [0.25, 0.3) is 0 Å². The van der Waals surface area contributed by atoms with Gasteiger partial charge in [-0.25, -0.2) is 8.42 Å². The summed E-state index contributed by atoms with van der Waals surface area (Å²) >= 11 is 0. The van der Waals surface area contributed by atoms with Gasteiger partial charge in [-0.1, -0.05) is 36.4 Å². The number of carbonyl (C=O) groups is 1. The van der Waals surface area contributed by atoms with Crippen LogP contribution in [0.5, 0.6) is 5.75 Å². The summed E-state index contributed by atoms with van der Waals surface area (Å²) in [4.78, 5) is 12.5. The maximum atomic E-state index is 12.5. The zero-order valence-corrected chi connectivity index (χ0v) is 16.7. The van der Waals surface area contributed by atoms with E-state index in [9.17, 15) is 13.2 Å². The number of anilines is 1. The van der Waals surface area contributed by atoms with Crippen molar-refractivity contribution in [1.29, 1.82) is 0 Å². The Kier molecular flexibility index (Phi) is 6.21. The van der Waals surface area contributed by atoms with Gasteiger partial charge >= 0.3 is 0 Å². The third-order valence-electron chi connectivity index (χ3n) is 4.33. The van der Waals surface area contributed by atoms with Gasteiger partial charge in [0.1, 0.15) is 5.75 Å². The maximum Gasteiger partial charge on any atom is 0.263 e. The third kappa shape index (κ3) is 5.02. The van der Waals surface area contributed by atoms with Crippen LogP contribution in [0.3, 0.4) is 0 Å². The van der Waals surface area contributed by atoms with Crippen LogP contribution >= 0.6 is 0 Å². The van der Waals surface area contributed by atoms with Crippen LogP contribution in [0.15, 0.2) is 48.5 Å². The van der Waals surface area contributed by atoms with Gasteiger partial charge in [0.05, 0.1) is 31.7 Å². The highest BCUT2D eigenvalue weighted by molar-refractivity contribution is 7.92. The number of hydrogen-bond acceptors (Lipinski definition) is 5. The number of hydrogen-bond donors (Lipinski definition) is 1. The maximum absolute atomic E-state index is 12.5. The summed E-state index contributed by atoms with van der Waals surface area (Å²) in [7, 11) is -3.53. The van der Waals surface area contributed by atoms with E-state index < -0.39 is 16.1 Å². The molecule has 1 aliphatic rings. The molecule has 1 N–H and O–H groups in total. The van der Waals surface area contributed by atoms with E-state index in [1.807, 2.05) is 43.3 Å². The number of carbonyl (C=O) groups excluding carboxylic acids is 1. The van der Waals surface area contributed by atoms with E-state index >= 15 is 0 Å². The first-order valence-corrected chi connectivity index (χ1v) is 10.8. The average molecular weight is 404 g/mol. The Morgan fingerprint density at radius 2 is 2.00 bits per heavy atom. The lowest BCUT2D eigenvalue weighted by atomic mass is 10.1. The average Bonchev–Trinajstić information content (AvgIpc) is 2.66. The van der Waals surface area contributed by atoms with Crippen molar-refractivity contribution in [2.24, 2.45) is 0 Å². The van der Waals surface area contributed by atoms with E-state index in [-0.39, 0.29) is 12.5 Å². The first kappa shape index (κ1) is 20.2. The van der Waals surface area contributed by atoms with Crippen molar-refractivity contribution in [3.05, 3.63) is 59.7 Å². The molecule has 2 aromatic rings. The van der Waals surface area contributed by atoms with Crippen molar-refractivity contribution in [2.45, 2.75) is 19.6 Å². The molecule has 28 heavy (non-hydrogen) atoms. The highest BCUT2D eigenvalue weighted by Crippen LogP contribution is 2.35. The number of benzene rings is 2. The standard InChI is InChI=1S/C20H24N2O5S/c1-15-8-9-18-17(12-15)22(28(2,24)25)13-19(27-18)20(23)21-10-11-26-14-16-6-4-3-5-7-16/h3-9,12,19H,10-11,13-14H2,1-2H3,(H,21,23)/t19-/m0/s1. The number of fused-ring (bicyclic) bond motifs is 1. The predicted molar refractivity (Wildman–Crippen MR) is 107 cm³/mol. The third-order valence-corrected chi connectivity index (χ3v) is 5.48. The molecule has 0 aromatic heterocycles. The lowest BCUT2D eigenvalue weighted by Crippen LogP contribution is -2.50. The number of ether oxygens (including phenoxy) is 2. The van der Waals surface area contributed by atoms with Crippen molar-refractivity contribution < 1.29 is 22.7 Å². The molecule has 0 bridgehead atoms. The van der Waals surface area contributed by atoms with E-state index in [1.54, 1.807) is 12.1 Å². The molecule has 0 spiro atoms. The fraction of sp³-hybridized carbons (Fsp3) is 0.350. The molecule has 1 aliphatic heterocycles. The number of nitrogens with zero attached hydrogens (tertiary/aromatic N) is 1. The minimum absolute atomic E-state index is 0.0635. The summed E-state index contributed by atoms with van der Waals surface area (Å²) in [6, 6.07) is 15.0. The van der Waals surface area contributed by atoms with Crippen molar-refractivity contribution in [3.63, 3.8) is 0 Å². The van der Waals surface area contributed by atoms with Gasteiger partial charge in [0.25, 0.3) is 5.91 Å². The molecule has 1 heterocycles. The van der Waals surface area contributed by atoms with Gasteiger partial charge in [0, 0.05) is 6.54 Å². The van der Waals surface area contributed by atoms with Gasteiger partial charge in [-0.3, -0.25) is 9.10 Å². The molecule has 7 nitrogen and oxygen atoms in total. The summed E-state index contributed by atoms with van der Waals surface area (Å²) in [5.74, 6) is 0.00550. The van der Waals surface area contributed by atoms with Gasteiger partial charge in [0.15, 0.2) is 6.10 Å². The Morgan fingerprint density at radius 3 is 2.71 bits per heavy atom. The zero-order valence-electron chi connectivity index (χ0n) is 15.9. The van der Waals surface area contributed by atoms with Crippen molar-refractivity contribution >= 4 is 21.6 Å². The molecular weight excluding hydrogens is 380 g/mol. The van der Waals surface area contributed by atoms with Crippen molar-refractivity contribution in [3.8, 4) is 5.75 Å². The molecule has 0 saturated heterocycles. The molecule has 3 rings (SSSR count). The highest BCUT2D eigenvalue weighted by atomic mass is 32.2. The van der Waals surface area contributed by atoms with Crippen molar-refractivity contribution in [1.82, 2.24) is 5.32 Å². The smallest absolute Gasteiger partial charge is 0.263 e. The first-order valence-electron chi connectivity index (χ1n) is 8.99. The number of sulfonamides is 1. The van der Waals surface area contributed by atoms with Crippen LogP contribution in [-0.2, 0) is 26.2 Å². The fourth-order valence-electron chi connectivity index (χ4n) is 2.94. The molecule has 0 unspecified atom stereocenters. The van der Waals surface area contributed by atoms with Crippen LogP contribution in [0.4, 0.5) is 5.69 Å². The van der Waals surface area contributed by atoms with Crippen LogP contribution < -0.4 is 14.4 Å². The minimum atomic E-state index is -3.53. The topological polar surface area (TPSA) is 84.9 Å². The van der Waals surface area contributed by atoms with Gasteiger partial charge in [-0.05, 0) is 30.2 Å². The lowest BCUT2D eigenvalue weighted by molar-refractivity contribution is -0.128. The zero-order chi connectivity index (χ0) is 20.1. The number of amides is 1. The monoisotopic (exact) mass is 404 g/mol. The van der Waals surface area contributed by atoms with E-state index in [0.29, 0.717) is 31.2 Å². The molecule has 1 atom stereocenters. The summed E-state index contributed by atoms with van der Waals surface area (Å²) < 4.78 is 36.9. The normalized spacial score (nSPS) is 16.2. The van der Waals surface area contributed by atoms with Gasteiger partial charge in [-0.2, -0.15) is 0 Å². The Balaban J connectivity index is 1.56. The molecule has 2 aromatic carbocycles. The van der Waals surface area contributed by atoms with Crippen LogP contribution in [-0.4, -0.2) is 46.4 Å². The van der Waals surface area contributed by atoms with E-state index in [0.717, 1.165) is 17.4 Å². The molecule has 0 saturated carbocycles. The predicted octanol–water partition coefficient (Wildman–Crippen LogP) is 1.86. The minimum Gasteiger partial charge on any atom is -0.476 e. The second kappa shape index (κ2) is 8.62. The summed E-state index contributed by atoms with van der Waals surface area (Å²) in [5, 5.41) is 2.74. The Labute approximate surface area is 165 Å². The van der Waals surface area contributed by atoms with Crippen molar-refractivity contribution in [2.75, 3.05) is 30.3 Å².